The molecule has 2 heteroatoms. The second-order valence-electron chi connectivity index (χ2n) is 4.73. The van der Waals surface area contributed by atoms with Crippen molar-refractivity contribution in [2.75, 3.05) is 19.8 Å². The van der Waals surface area contributed by atoms with Gasteiger partial charge < -0.3 is 10.1 Å². The summed E-state index contributed by atoms with van der Waals surface area (Å²) >= 11 is 0. The Morgan fingerprint density at radius 1 is 1.29 bits per heavy atom. The van der Waals surface area contributed by atoms with Crippen molar-refractivity contribution in [3.63, 3.8) is 0 Å². The van der Waals surface area contributed by atoms with E-state index in [1.54, 1.807) is 0 Å². The Kier molecular flexibility index (Phi) is 6.20. The van der Waals surface area contributed by atoms with Crippen LogP contribution in [0.15, 0.2) is 0 Å². The van der Waals surface area contributed by atoms with Crippen LogP contribution in [-0.4, -0.2) is 25.8 Å². The fourth-order valence-electron chi connectivity index (χ4n) is 1.82. The first kappa shape index (κ1) is 12.0. The Balaban J connectivity index is 1.87. The van der Waals surface area contributed by atoms with Crippen LogP contribution in [0.3, 0.4) is 0 Å². The highest BCUT2D eigenvalue weighted by Gasteiger charge is 2.11. The van der Waals surface area contributed by atoms with E-state index >= 15 is 0 Å². The van der Waals surface area contributed by atoms with Crippen LogP contribution < -0.4 is 5.32 Å². The van der Waals surface area contributed by atoms with Crippen LogP contribution in [0.25, 0.3) is 0 Å². The van der Waals surface area contributed by atoms with Crippen LogP contribution in [-0.2, 0) is 4.74 Å². The molecule has 0 spiro atoms. The van der Waals surface area contributed by atoms with Crippen molar-refractivity contribution in [3.05, 3.63) is 0 Å². The van der Waals surface area contributed by atoms with Gasteiger partial charge in [0.1, 0.15) is 0 Å². The Labute approximate surface area is 88.4 Å². The van der Waals surface area contributed by atoms with Gasteiger partial charge in [-0.1, -0.05) is 20.3 Å². The average molecular weight is 199 g/mol. The van der Waals surface area contributed by atoms with Crippen molar-refractivity contribution in [1.29, 1.82) is 0 Å². The molecule has 1 fully saturated rings. The summed E-state index contributed by atoms with van der Waals surface area (Å²) in [5.41, 5.74) is 0. The van der Waals surface area contributed by atoms with Crippen LogP contribution in [0.5, 0.6) is 0 Å². The van der Waals surface area contributed by atoms with Crippen molar-refractivity contribution in [2.24, 2.45) is 5.92 Å². The number of piperidine rings is 1. The molecule has 0 unspecified atom stereocenters. The molecule has 0 amide bonds. The zero-order valence-corrected chi connectivity index (χ0v) is 9.72. The first-order chi connectivity index (χ1) is 6.79. The van der Waals surface area contributed by atoms with Gasteiger partial charge >= 0.3 is 0 Å². The van der Waals surface area contributed by atoms with E-state index < -0.39 is 0 Å². The highest BCUT2D eigenvalue weighted by Crippen LogP contribution is 2.10. The molecular formula is C12H25NO. The van der Waals surface area contributed by atoms with E-state index in [2.05, 4.69) is 19.2 Å². The van der Waals surface area contributed by atoms with Gasteiger partial charge in [-0.05, 0) is 38.1 Å². The van der Waals surface area contributed by atoms with Gasteiger partial charge in [0, 0.05) is 19.3 Å². The average Bonchev–Trinajstić information content (AvgIpc) is 2.18. The Morgan fingerprint density at radius 3 is 2.79 bits per heavy atom. The van der Waals surface area contributed by atoms with Crippen molar-refractivity contribution >= 4 is 0 Å². The third kappa shape index (κ3) is 5.61. The number of ether oxygens (including phenoxy) is 1. The maximum absolute atomic E-state index is 5.61. The Morgan fingerprint density at radius 2 is 2.14 bits per heavy atom. The third-order valence-corrected chi connectivity index (χ3v) is 2.86. The fraction of sp³-hybridized carbons (Fsp3) is 1.00. The van der Waals surface area contributed by atoms with Crippen LogP contribution >= 0.6 is 0 Å². The van der Waals surface area contributed by atoms with Crippen LogP contribution in [0.1, 0.15) is 46.0 Å². The summed E-state index contributed by atoms with van der Waals surface area (Å²) in [6, 6.07) is 0.725. The third-order valence-electron chi connectivity index (χ3n) is 2.86. The summed E-state index contributed by atoms with van der Waals surface area (Å²) in [7, 11) is 0. The van der Waals surface area contributed by atoms with Gasteiger partial charge in [0.15, 0.2) is 0 Å². The number of hydrogen-bond donors (Lipinski definition) is 1. The lowest BCUT2D eigenvalue weighted by molar-refractivity contribution is 0.111. The molecule has 14 heavy (non-hydrogen) atoms. The molecule has 1 atom stereocenters. The Hall–Kier alpha value is -0.0800. The van der Waals surface area contributed by atoms with Gasteiger partial charge in [0.05, 0.1) is 0 Å². The standard InChI is InChI=1S/C12H25NO/c1-11(2)6-9-14-10-7-12-5-3-4-8-13-12/h11-13H,3-10H2,1-2H3/t12-/m0/s1. The van der Waals surface area contributed by atoms with E-state index in [-0.39, 0.29) is 0 Å². The van der Waals surface area contributed by atoms with Crippen LogP contribution in [0, 0.1) is 5.92 Å². The van der Waals surface area contributed by atoms with Gasteiger partial charge in [0.2, 0.25) is 0 Å². The zero-order chi connectivity index (χ0) is 10.2. The summed E-state index contributed by atoms with van der Waals surface area (Å²) in [6.45, 7) is 7.56. The number of hydrogen-bond acceptors (Lipinski definition) is 2. The number of nitrogens with one attached hydrogen (secondary N) is 1. The largest absolute Gasteiger partial charge is 0.381 e. The summed E-state index contributed by atoms with van der Waals surface area (Å²) in [5, 5.41) is 3.54. The summed E-state index contributed by atoms with van der Waals surface area (Å²) < 4.78 is 5.61. The summed E-state index contributed by atoms with van der Waals surface area (Å²) in [5.74, 6) is 0.766. The second-order valence-corrected chi connectivity index (χ2v) is 4.73. The molecule has 0 aliphatic carbocycles. The molecule has 1 saturated heterocycles. The predicted molar refractivity (Wildman–Crippen MR) is 60.5 cm³/mol. The quantitative estimate of drug-likeness (QED) is 0.664. The van der Waals surface area contributed by atoms with Gasteiger partial charge in [0.25, 0.3) is 0 Å². The molecule has 1 heterocycles. The molecule has 0 bridgehead atoms. The molecular weight excluding hydrogens is 174 g/mol. The lowest BCUT2D eigenvalue weighted by Crippen LogP contribution is -2.34. The van der Waals surface area contributed by atoms with Crippen LogP contribution in [0.2, 0.25) is 0 Å². The molecule has 0 aromatic rings. The lowest BCUT2D eigenvalue weighted by Gasteiger charge is -2.23. The summed E-state index contributed by atoms with van der Waals surface area (Å²) in [6.07, 6.45) is 6.47. The minimum Gasteiger partial charge on any atom is -0.381 e. The number of rotatable bonds is 6. The lowest BCUT2D eigenvalue weighted by atomic mass is 10.0. The van der Waals surface area contributed by atoms with Crippen molar-refractivity contribution in [1.82, 2.24) is 5.32 Å². The van der Waals surface area contributed by atoms with E-state index in [4.69, 9.17) is 4.74 Å². The van der Waals surface area contributed by atoms with Gasteiger partial charge in [-0.15, -0.1) is 0 Å². The maximum atomic E-state index is 5.61. The topological polar surface area (TPSA) is 21.3 Å². The minimum absolute atomic E-state index is 0.725. The highest BCUT2D eigenvalue weighted by atomic mass is 16.5. The fourth-order valence-corrected chi connectivity index (χ4v) is 1.82. The maximum Gasteiger partial charge on any atom is 0.0480 e. The Bertz CT molecular complexity index is 130. The molecule has 1 rings (SSSR count). The molecule has 84 valence electrons. The summed E-state index contributed by atoms with van der Waals surface area (Å²) in [4.78, 5) is 0. The zero-order valence-electron chi connectivity index (χ0n) is 9.72. The molecule has 1 aliphatic rings. The van der Waals surface area contributed by atoms with Crippen molar-refractivity contribution in [3.8, 4) is 0 Å². The molecule has 0 aromatic heterocycles. The van der Waals surface area contributed by atoms with Gasteiger partial charge in [-0.25, -0.2) is 0 Å². The molecule has 0 radical (unpaired) electrons. The van der Waals surface area contributed by atoms with E-state index in [9.17, 15) is 0 Å². The highest BCUT2D eigenvalue weighted by molar-refractivity contribution is 4.71. The van der Waals surface area contributed by atoms with Crippen LogP contribution in [0.4, 0.5) is 0 Å². The molecule has 1 N–H and O–H groups in total. The molecule has 0 aromatic carbocycles. The smallest absolute Gasteiger partial charge is 0.0480 e. The van der Waals surface area contributed by atoms with Crippen molar-refractivity contribution < 1.29 is 4.74 Å². The second kappa shape index (κ2) is 7.24. The normalized spacial score (nSPS) is 22.9. The van der Waals surface area contributed by atoms with E-state index in [0.29, 0.717) is 0 Å². The van der Waals surface area contributed by atoms with Crippen molar-refractivity contribution in [2.45, 2.75) is 52.0 Å². The molecule has 2 nitrogen and oxygen atoms in total. The molecule has 0 saturated carbocycles. The van der Waals surface area contributed by atoms with E-state index in [1.165, 1.54) is 38.6 Å². The first-order valence-corrected chi connectivity index (χ1v) is 6.10. The van der Waals surface area contributed by atoms with Gasteiger partial charge in [-0.3, -0.25) is 0 Å². The molecule has 1 aliphatic heterocycles. The van der Waals surface area contributed by atoms with E-state index in [1.807, 2.05) is 0 Å². The first-order valence-electron chi connectivity index (χ1n) is 6.10. The minimum atomic E-state index is 0.725. The predicted octanol–water partition coefficient (Wildman–Crippen LogP) is 2.58. The van der Waals surface area contributed by atoms with Gasteiger partial charge in [-0.2, -0.15) is 0 Å². The SMILES string of the molecule is CC(C)CCOCC[C@@H]1CCCCN1. The monoisotopic (exact) mass is 199 g/mol. The van der Waals surface area contributed by atoms with E-state index in [0.717, 1.165) is 25.2 Å².